The lowest BCUT2D eigenvalue weighted by atomic mass is 10.0. The van der Waals surface area contributed by atoms with Crippen molar-refractivity contribution in [2.24, 2.45) is 0 Å². The number of hydrogen-bond donors (Lipinski definition) is 2. The number of hydrogen-bond acceptors (Lipinski definition) is 6. The smallest absolute Gasteiger partial charge is 0.462 e. The Morgan fingerprint density at radius 2 is 0.738 bits per heavy atom. The van der Waals surface area contributed by atoms with E-state index in [1.54, 1.807) is 0 Å². The van der Waals surface area contributed by atoms with Gasteiger partial charge in [0, 0.05) is 12.8 Å². The molecule has 61 heavy (non-hydrogen) atoms. The van der Waals surface area contributed by atoms with Crippen LogP contribution in [0, 0.1) is 0 Å². The van der Waals surface area contributed by atoms with Gasteiger partial charge in [0.15, 0.2) is 6.10 Å². The predicted octanol–water partition coefficient (Wildman–Crippen LogP) is 16.5. The normalized spacial score (nSPS) is 12.7. The summed E-state index contributed by atoms with van der Waals surface area (Å²) in [6.45, 7) is 3.69. The number of carbonyl (C=O) groups is 2. The van der Waals surface area contributed by atoms with Gasteiger partial charge in [-0.15, -0.1) is 0 Å². The first-order valence-electron chi connectivity index (χ1n) is 25.8. The van der Waals surface area contributed by atoms with E-state index in [1.807, 2.05) is 0 Å². The van der Waals surface area contributed by atoms with E-state index >= 15 is 0 Å². The molecule has 0 heterocycles. The van der Waals surface area contributed by atoms with Crippen LogP contribution < -0.4 is 0 Å². The first kappa shape index (κ1) is 59.3. The van der Waals surface area contributed by atoms with E-state index < -0.39 is 32.5 Å². The highest BCUT2D eigenvalue weighted by Crippen LogP contribution is 2.36. The van der Waals surface area contributed by atoms with Gasteiger partial charge in [-0.05, 0) is 51.4 Å². The minimum atomic E-state index is -4.76. The van der Waals surface area contributed by atoms with E-state index in [1.165, 1.54) is 161 Å². The van der Waals surface area contributed by atoms with Gasteiger partial charge >= 0.3 is 19.8 Å². The molecule has 2 N–H and O–H groups in total. The molecular weight excluding hydrogens is 784 g/mol. The van der Waals surface area contributed by atoms with Crippen molar-refractivity contribution >= 4 is 19.8 Å². The standard InChI is InChI=1S/C52H97O8P/c1-3-5-7-9-11-13-15-17-19-21-23-24-25-26-27-29-30-32-34-36-38-40-42-44-46-51(53)58-48-50(49-59-61(55,56)57)60-52(54)47-45-43-41-39-37-35-33-31-28-22-20-18-16-14-12-10-8-6-4-2/h12,14,18,20,28,31,50H,3-11,13,15-17,19,21-27,29-30,32-49H2,1-2H3,(H2,55,56,57)/b14-12-,20-18-,31-28-. The Balaban J connectivity index is 3.79. The maximum absolute atomic E-state index is 12.5. The van der Waals surface area contributed by atoms with Crippen molar-refractivity contribution in [3.05, 3.63) is 36.5 Å². The molecule has 0 aliphatic carbocycles. The summed E-state index contributed by atoms with van der Waals surface area (Å²) in [6.07, 6.45) is 58.8. The first-order chi connectivity index (χ1) is 29.8. The van der Waals surface area contributed by atoms with Gasteiger partial charge in [0.1, 0.15) is 6.61 Å². The number of carbonyl (C=O) groups excluding carboxylic acids is 2. The van der Waals surface area contributed by atoms with Crippen molar-refractivity contribution in [1.82, 2.24) is 0 Å². The van der Waals surface area contributed by atoms with E-state index in [0.717, 1.165) is 70.6 Å². The highest BCUT2D eigenvalue weighted by atomic mass is 31.2. The molecule has 0 rings (SSSR count). The lowest BCUT2D eigenvalue weighted by molar-refractivity contribution is -0.161. The number of esters is 2. The zero-order valence-corrected chi connectivity index (χ0v) is 40.7. The van der Waals surface area contributed by atoms with Crippen LogP contribution in [0.15, 0.2) is 36.5 Å². The number of phosphoric ester groups is 1. The van der Waals surface area contributed by atoms with Gasteiger partial charge in [-0.3, -0.25) is 14.1 Å². The SMILES string of the molecule is CCCCC/C=C\C/C=C\C/C=C\CCCCCCCCC(=O)OC(COC(=O)CCCCCCCCCCCCCCCCCCCCCCCCCC)COP(=O)(O)O. The summed E-state index contributed by atoms with van der Waals surface area (Å²) >= 11 is 0. The lowest BCUT2D eigenvalue weighted by Crippen LogP contribution is -2.29. The number of unbranched alkanes of at least 4 members (excludes halogenated alkanes) is 32. The van der Waals surface area contributed by atoms with Crippen LogP contribution in [0.5, 0.6) is 0 Å². The lowest BCUT2D eigenvalue weighted by Gasteiger charge is -2.18. The Morgan fingerprint density at radius 3 is 1.13 bits per heavy atom. The second kappa shape index (κ2) is 47.7. The quantitative estimate of drug-likeness (QED) is 0.0268. The van der Waals surface area contributed by atoms with Crippen molar-refractivity contribution < 1.29 is 37.9 Å². The maximum Gasteiger partial charge on any atom is 0.469 e. The van der Waals surface area contributed by atoms with Crippen LogP contribution in [0.1, 0.15) is 264 Å². The van der Waals surface area contributed by atoms with E-state index in [2.05, 4.69) is 54.8 Å². The molecule has 1 unspecified atom stereocenters. The van der Waals surface area contributed by atoms with Crippen molar-refractivity contribution in [3.63, 3.8) is 0 Å². The molecule has 0 radical (unpaired) electrons. The molecule has 8 nitrogen and oxygen atoms in total. The molecule has 0 aliphatic heterocycles. The zero-order chi connectivity index (χ0) is 44.6. The molecule has 0 aliphatic rings. The Bertz CT molecular complexity index is 1080. The van der Waals surface area contributed by atoms with E-state index in [0.29, 0.717) is 6.42 Å². The van der Waals surface area contributed by atoms with Crippen LogP contribution in [-0.2, 0) is 28.2 Å². The Morgan fingerprint density at radius 1 is 0.426 bits per heavy atom. The van der Waals surface area contributed by atoms with Crippen LogP contribution in [0.4, 0.5) is 0 Å². The van der Waals surface area contributed by atoms with Gasteiger partial charge in [-0.1, -0.05) is 237 Å². The largest absolute Gasteiger partial charge is 0.469 e. The summed E-state index contributed by atoms with van der Waals surface area (Å²) in [5.41, 5.74) is 0. The number of allylic oxidation sites excluding steroid dienone is 6. The van der Waals surface area contributed by atoms with Crippen molar-refractivity contribution in [2.75, 3.05) is 13.2 Å². The molecule has 0 fully saturated rings. The number of rotatable bonds is 48. The first-order valence-corrected chi connectivity index (χ1v) is 27.3. The molecule has 0 amide bonds. The summed E-state index contributed by atoms with van der Waals surface area (Å²) in [7, 11) is -4.76. The molecule has 0 bridgehead atoms. The summed E-state index contributed by atoms with van der Waals surface area (Å²) in [6, 6.07) is 0. The van der Waals surface area contributed by atoms with Gasteiger partial charge in [0.2, 0.25) is 0 Å². The fraction of sp³-hybridized carbons (Fsp3) is 0.846. The molecular formula is C52H97O8P. The van der Waals surface area contributed by atoms with Crippen molar-refractivity contribution in [2.45, 2.75) is 270 Å². The van der Waals surface area contributed by atoms with Crippen LogP contribution >= 0.6 is 7.82 Å². The van der Waals surface area contributed by atoms with Gasteiger partial charge in [0.25, 0.3) is 0 Å². The molecule has 358 valence electrons. The zero-order valence-electron chi connectivity index (χ0n) is 39.8. The molecule has 0 aromatic carbocycles. The monoisotopic (exact) mass is 881 g/mol. The van der Waals surface area contributed by atoms with E-state index in [9.17, 15) is 14.2 Å². The molecule has 0 aromatic heterocycles. The highest BCUT2D eigenvalue weighted by molar-refractivity contribution is 7.46. The number of phosphoric acid groups is 1. The Hall–Kier alpha value is -1.73. The fourth-order valence-corrected chi connectivity index (χ4v) is 7.92. The van der Waals surface area contributed by atoms with Crippen molar-refractivity contribution in [3.8, 4) is 0 Å². The molecule has 9 heteroatoms. The summed E-state index contributed by atoms with van der Waals surface area (Å²) in [5, 5.41) is 0. The second-order valence-electron chi connectivity index (χ2n) is 17.5. The van der Waals surface area contributed by atoms with Gasteiger partial charge in [-0.25, -0.2) is 4.57 Å². The maximum atomic E-state index is 12.5. The molecule has 0 saturated heterocycles. The highest BCUT2D eigenvalue weighted by Gasteiger charge is 2.23. The third-order valence-electron chi connectivity index (χ3n) is 11.4. The van der Waals surface area contributed by atoms with Crippen LogP contribution in [0.25, 0.3) is 0 Å². The van der Waals surface area contributed by atoms with E-state index in [-0.39, 0.29) is 19.4 Å². The minimum absolute atomic E-state index is 0.199. The molecule has 0 aromatic rings. The average Bonchev–Trinajstić information content (AvgIpc) is 3.23. The molecule has 0 spiro atoms. The Labute approximate surface area is 376 Å². The van der Waals surface area contributed by atoms with Crippen LogP contribution in [0.2, 0.25) is 0 Å². The second-order valence-corrected chi connectivity index (χ2v) is 18.7. The van der Waals surface area contributed by atoms with E-state index in [4.69, 9.17) is 19.3 Å². The molecule has 1 atom stereocenters. The Kier molecular flexibility index (Phi) is 46.4. The minimum Gasteiger partial charge on any atom is -0.462 e. The topological polar surface area (TPSA) is 119 Å². The fourth-order valence-electron chi connectivity index (χ4n) is 7.56. The third-order valence-corrected chi connectivity index (χ3v) is 11.9. The van der Waals surface area contributed by atoms with Gasteiger partial charge < -0.3 is 19.3 Å². The molecule has 0 saturated carbocycles. The van der Waals surface area contributed by atoms with Crippen molar-refractivity contribution in [1.29, 1.82) is 0 Å². The number of ether oxygens (including phenoxy) is 2. The van der Waals surface area contributed by atoms with Crippen LogP contribution in [0.3, 0.4) is 0 Å². The summed E-state index contributed by atoms with van der Waals surface area (Å²) in [4.78, 5) is 43.1. The average molecular weight is 881 g/mol. The third kappa shape index (κ3) is 50.8. The van der Waals surface area contributed by atoms with Gasteiger partial charge in [0.05, 0.1) is 6.61 Å². The van der Waals surface area contributed by atoms with Gasteiger partial charge in [-0.2, -0.15) is 0 Å². The summed E-state index contributed by atoms with van der Waals surface area (Å²) < 4.78 is 26.5. The van der Waals surface area contributed by atoms with Crippen LogP contribution in [-0.4, -0.2) is 41.0 Å². The predicted molar refractivity (Wildman–Crippen MR) is 258 cm³/mol. The summed E-state index contributed by atoms with van der Waals surface area (Å²) in [5.74, 6) is -0.887.